The fourth-order valence-electron chi connectivity index (χ4n) is 2.58. The van der Waals surface area contributed by atoms with Crippen LogP contribution in [0.1, 0.15) is 32.1 Å². The van der Waals surface area contributed by atoms with Crippen molar-refractivity contribution in [2.45, 2.75) is 43.8 Å². The lowest BCUT2D eigenvalue weighted by Crippen LogP contribution is -2.37. The second kappa shape index (κ2) is 3.54. The first-order valence-electron chi connectivity index (χ1n) is 5.23. The lowest BCUT2D eigenvalue weighted by atomic mass is 9.83. The summed E-state index contributed by atoms with van der Waals surface area (Å²) in [6.45, 7) is 1.40. The summed E-state index contributed by atoms with van der Waals surface area (Å²) < 4.78 is 19.6. The van der Waals surface area contributed by atoms with Crippen LogP contribution in [0.15, 0.2) is 0 Å². The van der Waals surface area contributed by atoms with Gasteiger partial charge >= 0.3 is 0 Å². The van der Waals surface area contributed by atoms with Gasteiger partial charge in [0.1, 0.15) is 5.67 Å². The van der Waals surface area contributed by atoms with Crippen molar-refractivity contribution in [2.75, 3.05) is 13.2 Å². The van der Waals surface area contributed by atoms with E-state index in [2.05, 4.69) is 0 Å². The second-order valence-corrected chi connectivity index (χ2v) is 4.45. The standard InChI is InChI=1S/C10H18FNO/c11-10(4-3-9(12)6-10)8-2-1-5-13-7-8/h8-9H,1-7,12H2. The van der Waals surface area contributed by atoms with E-state index in [0.29, 0.717) is 19.4 Å². The number of hydrogen-bond donors (Lipinski definition) is 1. The van der Waals surface area contributed by atoms with Gasteiger partial charge in [-0.3, -0.25) is 0 Å². The lowest BCUT2D eigenvalue weighted by molar-refractivity contribution is -0.0265. The van der Waals surface area contributed by atoms with Crippen molar-refractivity contribution in [3.63, 3.8) is 0 Å². The van der Waals surface area contributed by atoms with Gasteiger partial charge in [-0.05, 0) is 32.1 Å². The van der Waals surface area contributed by atoms with E-state index in [1.54, 1.807) is 0 Å². The van der Waals surface area contributed by atoms with Crippen LogP contribution in [0.2, 0.25) is 0 Å². The maximum absolute atomic E-state index is 14.3. The number of alkyl halides is 1. The van der Waals surface area contributed by atoms with Crippen LogP contribution in [0.25, 0.3) is 0 Å². The highest BCUT2D eigenvalue weighted by atomic mass is 19.1. The van der Waals surface area contributed by atoms with E-state index in [-0.39, 0.29) is 12.0 Å². The molecule has 3 heteroatoms. The number of nitrogens with two attached hydrogens (primary N) is 1. The zero-order valence-corrected chi connectivity index (χ0v) is 7.97. The number of rotatable bonds is 1. The van der Waals surface area contributed by atoms with Crippen molar-refractivity contribution >= 4 is 0 Å². The van der Waals surface area contributed by atoms with Gasteiger partial charge in [0.2, 0.25) is 0 Å². The summed E-state index contributed by atoms with van der Waals surface area (Å²) in [6, 6.07) is 0.0759. The summed E-state index contributed by atoms with van der Waals surface area (Å²) in [4.78, 5) is 0. The topological polar surface area (TPSA) is 35.2 Å². The van der Waals surface area contributed by atoms with Gasteiger partial charge in [0.05, 0.1) is 6.61 Å². The van der Waals surface area contributed by atoms with E-state index in [4.69, 9.17) is 10.5 Å². The largest absolute Gasteiger partial charge is 0.381 e. The van der Waals surface area contributed by atoms with Gasteiger partial charge in [0.25, 0.3) is 0 Å². The average Bonchev–Trinajstić information content (AvgIpc) is 2.49. The van der Waals surface area contributed by atoms with E-state index in [0.717, 1.165) is 25.9 Å². The molecule has 13 heavy (non-hydrogen) atoms. The molecule has 1 saturated carbocycles. The maximum atomic E-state index is 14.3. The third-order valence-electron chi connectivity index (χ3n) is 3.42. The minimum Gasteiger partial charge on any atom is -0.381 e. The van der Waals surface area contributed by atoms with Crippen LogP contribution < -0.4 is 5.73 Å². The minimum absolute atomic E-state index is 0.0759. The number of ether oxygens (including phenoxy) is 1. The summed E-state index contributed by atoms with van der Waals surface area (Å²) >= 11 is 0. The Labute approximate surface area is 78.6 Å². The van der Waals surface area contributed by atoms with Crippen LogP contribution in [0, 0.1) is 5.92 Å². The molecule has 2 N–H and O–H groups in total. The van der Waals surface area contributed by atoms with Gasteiger partial charge in [-0.15, -0.1) is 0 Å². The van der Waals surface area contributed by atoms with E-state index >= 15 is 0 Å². The molecule has 0 spiro atoms. The van der Waals surface area contributed by atoms with Gasteiger partial charge < -0.3 is 10.5 Å². The van der Waals surface area contributed by atoms with Crippen molar-refractivity contribution in [3.8, 4) is 0 Å². The monoisotopic (exact) mass is 187 g/mol. The second-order valence-electron chi connectivity index (χ2n) is 4.45. The van der Waals surface area contributed by atoms with Gasteiger partial charge in [-0.2, -0.15) is 0 Å². The Kier molecular flexibility index (Phi) is 2.56. The summed E-state index contributed by atoms with van der Waals surface area (Å²) in [7, 11) is 0. The molecule has 0 radical (unpaired) electrons. The number of hydrogen-bond acceptors (Lipinski definition) is 2. The maximum Gasteiger partial charge on any atom is 0.117 e. The lowest BCUT2D eigenvalue weighted by Gasteiger charge is -2.33. The quantitative estimate of drug-likeness (QED) is 0.677. The summed E-state index contributed by atoms with van der Waals surface area (Å²) in [5.41, 5.74) is 4.72. The Morgan fingerprint density at radius 3 is 2.77 bits per heavy atom. The highest BCUT2D eigenvalue weighted by molar-refractivity contribution is 4.97. The highest BCUT2D eigenvalue weighted by Gasteiger charge is 2.45. The van der Waals surface area contributed by atoms with E-state index in [9.17, 15) is 4.39 Å². The molecule has 76 valence electrons. The van der Waals surface area contributed by atoms with Gasteiger partial charge in [-0.1, -0.05) is 0 Å². The molecular formula is C10H18FNO. The first-order valence-corrected chi connectivity index (χ1v) is 5.23. The van der Waals surface area contributed by atoms with Gasteiger partial charge in [0, 0.05) is 18.6 Å². The van der Waals surface area contributed by atoms with Crippen molar-refractivity contribution in [1.29, 1.82) is 0 Å². The normalized spacial score (nSPS) is 46.6. The fraction of sp³-hybridized carbons (Fsp3) is 1.00. The Hall–Kier alpha value is -0.150. The molecule has 0 aromatic rings. The van der Waals surface area contributed by atoms with Crippen LogP contribution >= 0.6 is 0 Å². The Morgan fingerprint density at radius 1 is 1.38 bits per heavy atom. The molecule has 1 aliphatic carbocycles. The molecule has 2 nitrogen and oxygen atoms in total. The molecule has 0 aromatic carbocycles. The molecule has 3 unspecified atom stereocenters. The molecule has 1 heterocycles. The van der Waals surface area contributed by atoms with Crippen LogP contribution in [-0.2, 0) is 4.74 Å². The van der Waals surface area contributed by atoms with Crippen molar-refractivity contribution < 1.29 is 9.13 Å². The van der Waals surface area contributed by atoms with Gasteiger partial charge in [0.15, 0.2) is 0 Å². The van der Waals surface area contributed by atoms with Crippen LogP contribution in [-0.4, -0.2) is 24.9 Å². The average molecular weight is 187 g/mol. The summed E-state index contributed by atoms with van der Waals surface area (Å²) in [5.74, 6) is 0.106. The summed E-state index contributed by atoms with van der Waals surface area (Å²) in [5, 5.41) is 0. The van der Waals surface area contributed by atoms with Crippen LogP contribution in [0.3, 0.4) is 0 Å². The number of halogens is 1. The highest BCUT2D eigenvalue weighted by Crippen LogP contribution is 2.42. The Morgan fingerprint density at radius 2 is 2.23 bits per heavy atom. The van der Waals surface area contributed by atoms with Crippen LogP contribution in [0.5, 0.6) is 0 Å². The minimum atomic E-state index is -1.01. The third-order valence-corrected chi connectivity index (χ3v) is 3.42. The van der Waals surface area contributed by atoms with Gasteiger partial charge in [-0.25, -0.2) is 4.39 Å². The Bertz CT molecular complexity index is 182. The van der Waals surface area contributed by atoms with Crippen molar-refractivity contribution in [3.05, 3.63) is 0 Å². The van der Waals surface area contributed by atoms with Crippen molar-refractivity contribution in [1.82, 2.24) is 0 Å². The zero-order chi connectivity index (χ0) is 9.31. The molecule has 1 aliphatic heterocycles. The predicted molar refractivity (Wildman–Crippen MR) is 49.2 cm³/mol. The third kappa shape index (κ3) is 1.86. The van der Waals surface area contributed by atoms with E-state index in [1.807, 2.05) is 0 Å². The SMILES string of the molecule is NC1CCC(F)(C2CCCOC2)C1. The predicted octanol–water partition coefficient (Wildman–Crippen LogP) is 1.63. The molecular weight excluding hydrogens is 169 g/mol. The first kappa shape index (κ1) is 9.41. The Balaban J connectivity index is 1.97. The zero-order valence-electron chi connectivity index (χ0n) is 7.97. The summed E-state index contributed by atoms with van der Waals surface area (Å²) in [6.07, 6.45) is 4.00. The molecule has 2 fully saturated rings. The molecule has 0 bridgehead atoms. The fourth-order valence-corrected chi connectivity index (χ4v) is 2.58. The molecule has 0 amide bonds. The molecule has 2 rings (SSSR count). The molecule has 1 saturated heterocycles. The molecule has 2 aliphatic rings. The smallest absolute Gasteiger partial charge is 0.117 e. The first-order chi connectivity index (χ1) is 6.21. The van der Waals surface area contributed by atoms with Crippen LogP contribution in [0.4, 0.5) is 4.39 Å². The van der Waals surface area contributed by atoms with E-state index in [1.165, 1.54) is 0 Å². The van der Waals surface area contributed by atoms with E-state index < -0.39 is 5.67 Å². The molecule has 0 aromatic heterocycles. The van der Waals surface area contributed by atoms with Crippen molar-refractivity contribution in [2.24, 2.45) is 11.7 Å². The molecule has 3 atom stereocenters.